The molecule has 3 aromatic rings. The minimum absolute atomic E-state index is 0.333. The summed E-state index contributed by atoms with van der Waals surface area (Å²) in [7, 11) is 0. The topological polar surface area (TPSA) is 104 Å². The van der Waals surface area contributed by atoms with Crippen LogP contribution in [0.2, 0.25) is 0 Å². The lowest BCUT2D eigenvalue weighted by atomic mass is 10.1. The van der Waals surface area contributed by atoms with Gasteiger partial charge in [0.1, 0.15) is 30.9 Å². The summed E-state index contributed by atoms with van der Waals surface area (Å²) in [6.45, 7) is 1.78. The number of carbonyl (C=O) groups excluding carboxylic acids is 1. The Balaban J connectivity index is 1.52. The van der Waals surface area contributed by atoms with Gasteiger partial charge in [-0.15, -0.1) is 0 Å². The van der Waals surface area contributed by atoms with Gasteiger partial charge in [-0.2, -0.15) is 5.10 Å². The fraction of sp³-hybridized carbons (Fsp3) is 0.188. The van der Waals surface area contributed by atoms with Gasteiger partial charge in [-0.3, -0.25) is 4.79 Å². The number of hydrogen-bond acceptors (Lipinski definition) is 7. The molecule has 1 aliphatic rings. The molecule has 1 N–H and O–H groups in total. The lowest BCUT2D eigenvalue weighted by Crippen LogP contribution is -2.46. The molecule has 0 bridgehead atoms. The number of ether oxygens (including phenoxy) is 2. The van der Waals surface area contributed by atoms with Crippen molar-refractivity contribution < 1.29 is 14.3 Å². The van der Waals surface area contributed by atoms with Gasteiger partial charge >= 0.3 is 0 Å². The fourth-order valence-electron chi connectivity index (χ4n) is 2.47. The van der Waals surface area contributed by atoms with E-state index in [1.54, 1.807) is 25.1 Å². The molecular formula is C16H14N6O3. The highest BCUT2D eigenvalue weighted by molar-refractivity contribution is 5.94. The van der Waals surface area contributed by atoms with Crippen LogP contribution in [0.4, 0.5) is 5.82 Å². The highest BCUT2D eigenvalue weighted by atomic mass is 16.6. The van der Waals surface area contributed by atoms with Crippen molar-refractivity contribution in [2.24, 2.45) is 0 Å². The third-order valence-corrected chi connectivity index (χ3v) is 3.66. The van der Waals surface area contributed by atoms with Gasteiger partial charge in [0, 0.05) is 6.07 Å². The van der Waals surface area contributed by atoms with Gasteiger partial charge in [0.15, 0.2) is 17.3 Å². The average molecular weight is 338 g/mol. The highest BCUT2D eigenvalue weighted by Gasteiger charge is 2.34. The quantitative estimate of drug-likeness (QED) is 0.766. The van der Waals surface area contributed by atoms with Gasteiger partial charge in [-0.1, -0.05) is 12.1 Å². The molecule has 0 saturated heterocycles. The van der Waals surface area contributed by atoms with Crippen molar-refractivity contribution in [3.05, 3.63) is 49.3 Å². The van der Waals surface area contributed by atoms with E-state index in [4.69, 9.17) is 9.47 Å². The molecule has 9 heteroatoms. The second-order valence-corrected chi connectivity index (χ2v) is 5.40. The average Bonchev–Trinajstić information content (AvgIpc) is 3.16. The Labute approximate surface area is 142 Å². The van der Waals surface area contributed by atoms with Gasteiger partial charge in [-0.05, 0) is 19.1 Å². The second-order valence-electron chi connectivity index (χ2n) is 5.40. The zero-order chi connectivity index (χ0) is 17.2. The van der Waals surface area contributed by atoms with Crippen LogP contribution < -0.4 is 14.8 Å². The predicted octanol–water partition coefficient (Wildman–Crippen LogP) is 1.22. The van der Waals surface area contributed by atoms with Crippen molar-refractivity contribution in [3.8, 4) is 17.3 Å². The van der Waals surface area contributed by atoms with E-state index >= 15 is 0 Å². The number of para-hydroxylation sites is 2. The van der Waals surface area contributed by atoms with Crippen LogP contribution in [-0.4, -0.2) is 42.8 Å². The van der Waals surface area contributed by atoms with E-state index in [1.807, 2.05) is 12.1 Å². The number of anilines is 1. The number of nitrogens with zero attached hydrogens (tertiary/aromatic N) is 5. The number of carbonyl (C=O) groups is 1. The largest absolute Gasteiger partial charge is 0.482 e. The zero-order valence-corrected chi connectivity index (χ0v) is 13.2. The van der Waals surface area contributed by atoms with Crippen molar-refractivity contribution >= 4 is 11.7 Å². The number of fused-ring (bicyclic) bond motifs is 1. The molecule has 1 aliphatic heterocycles. The zero-order valence-electron chi connectivity index (χ0n) is 13.2. The lowest BCUT2D eigenvalue weighted by Gasteiger charge is -2.30. The number of benzene rings is 1. The van der Waals surface area contributed by atoms with Crippen LogP contribution in [0.15, 0.2) is 49.3 Å². The summed E-state index contributed by atoms with van der Waals surface area (Å²) < 4.78 is 13.0. The van der Waals surface area contributed by atoms with Crippen molar-refractivity contribution in [3.63, 3.8) is 0 Å². The van der Waals surface area contributed by atoms with Gasteiger partial charge in [0.2, 0.25) is 6.10 Å². The van der Waals surface area contributed by atoms with Crippen molar-refractivity contribution in [1.29, 1.82) is 0 Å². The first-order valence-electron chi connectivity index (χ1n) is 7.61. The van der Waals surface area contributed by atoms with Crippen LogP contribution in [0.3, 0.4) is 0 Å². The van der Waals surface area contributed by atoms with E-state index in [1.165, 1.54) is 23.7 Å². The van der Waals surface area contributed by atoms with Crippen molar-refractivity contribution in [2.45, 2.75) is 19.1 Å². The molecule has 0 aliphatic carbocycles. The van der Waals surface area contributed by atoms with Gasteiger partial charge in [0.25, 0.3) is 5.91 Å². The monoisotopic (exact) mass is 338 g/mol. The molecule has 1 aromatic carbocycles. The molecule has 2 atom stereocenters. The molecule has 1 amide bonds. The molecule has 4 rings (SSSR count). The third-order valence-electron chi connectivity index (χ3n) is 3.66. The van der Waals surface area contributed by atoms with Crippen LogP contribution in [0.25, 0.3) is 5.82 Å². The molecule has 0 fully saturated rings. The Bertz CT molecular complexity index is 898. The third kappa shape index (κ3) is 2.99. The normalized spacial score (nSPS) is 18.6. The maximum absolute atomic E-state index is 12.6. The predicted molar refractivity (Wildman–Crippen MR) is 86.5 cm³/mol. The summed E-state index contributed by atoms with van der Waals surface area (Å²) in [5, 5.41) is 6.71. The van der Waals surface area contributed by atoms with E-state index in [9.17, 15) is 4.79 Å². The van der Waals surface area contributed by atoms with Crippen molar-refractivity contribution in [1.82, 2.24) is 24.7 Å². The molecule has 9 nitrogen and oxygen atoms in total. The summed E-state index contributed by atoms with van der Waals surface area (Å²) in [5.74, 6) is 1.62. The van der Waals surface area contributed by atoms with Crippen LogP contribution >= 0.6 is 0 Å². The molecular weight excluding hydrogens is 324 g/mol. The van der Waals surface area contributed by atoms with E-state index < -0.39 is 12.2 Å². The minimum atomic E-state index is -0.792. The molecule has 126 valence electrons. The summed E-state index contributed by atoms with van der Waals surface area (Å²) in [6, 6.07) is 8.82. The first-order chi connectivity index (χ1) is 12.2. The molecule has 2 aromatic heterocycles. The summed E-state index contributed by atoms with van der Waals surface area (Å²) in [5.41, 5.74) is 0. The van der Waals surface area contributed by atoms with Crippen LogP contribution in [0.1, 0.15) is 6.92 Å². The summed E-state index contributed by atoms with van der Waals surface area (Å²) in [6.07, 6.45) is 3.01. The molecule has 0 spiro atoms. The molecule has 25 heavy (non-hydrogen) atoms. The molecule has 0 saturated carbocycles. The first-order valence-corrected chi connectivity index (χ1v) is 7.61. The SMILES string of the molecule is CC1Oc2ccccc2OC1C(=O)Nc1cc(-n2cncn2)ncn1. The number of hydrogen-bond donors (Lipinski definition) is 1. The van der Waals surface area contributed by atoms with Crippen LogP contribution in [0, 0.1) is 0 Å². The Morgan fingerprint density at radius 1 is 1.16 bits per heavy atom. The Hall–Kier alpha value is -3.49. The number of aromatic nitrogens is 5. The number of amides is 1. The summed E-state index contributed by atoms with van der Waals surface area (Å²) >= 11 is 0. The van der Waals surface area contributed by atoms with E-state index in [0.717, 1.165) is 0 Å². The number of rotatable bonds is 3. The van der Waals surface area contributed by atoms with Gasteiger partial charge in [0.05, 0.1) is 0 Å². The maximum atomic E-state index is 12.6. The standard InChI is InChI=1S/C16H14N6O3/c1-10-15(25-12-5-3-2-4-11(12)24-10)16(23)21-13-6-14(19-8-18-13)22-9-17-7-20-22/h2-10,15H,1H3,(H,18,19,21,23). The van der Waals surface area contributed by atoms with Gasteiger partial charge < -0.3 is 14.8 Å². The van der Waals surface area contributed by atoms with E-state index in [0.29, 0.717) is 23.1 Å². The van der Waals surface area contributed by atoms with Crippen LogP contribution in [0.5, 0.6) is 11.5 Å². The summed E-state index contributed by atoms with van der Waals surface area (Å²) in [4.78, 5) is 24.6. The number of nitrogens with one attached hydrogen (secondary N) is 1. The van der Waals surface area contributed by atoms with E-state index in [-0.39, 0.29) is 5.91 Å². The van der Waals surface area contributed by atoms with Crippen LogP contribution in [-0.2, 0) is 4.79 Å². The maximum Gasteiger partial charge on any atom is 0.270 e. The molecule has 0 radical (unpaired) electrons. The fourth-order valence-corrected chi connectivity index (χ4v) is 2.47. The van der Waals surface area contributed by atoms with Gasteiger partial charge in [-0.25, -0.2) is 19.6 Å². The Morgan fingerprint density at radius 3 is 2.72 bits per heavy atom. The Morgan fingerprint density at radius 2 is 1.96 bits per heavy atom. The Kier molecular flexibility index (Phi) is 3.73. The molecule has 3 heterocycles. The molecule has 2 unspecified atom stereocenters. The van der Waals surface area contributed by atoms with E-state index in [2.05, 4.69) is 25.4 Å². The highest BCUT2D eigenvalue weighted by Crippen LogP contribution is 2.33. The lowest BCUT2D eigenvalue weighted by molar-refractivity contribution is -0.128. The van der Waals surface area contributed by atoms with Crippen molar-refractivity contribution in [2.75, 3.05) is 5.32 Å². The second kappa shape index (κ2) is 6.19. The first kappa shape index (κ1) is 15.1. The minimum Gasteiger partial charge on any atom is -0.482 e. The smallest absolute Gasteiger partial charge is 0.270 e.